The fraction of sp³-hybridized carbons (Fsp3) is 0.556. The molecule has 1 unspecified atom stereocenters. The lowest BCUT2D eigenvalue weighted by Gasteiger charge is -2.29. The Kier molecular flexibility index (Phi) is 4.74. The van der Waals surface area contributed by atoms with Crippen molar-refractivity contribution in [2.45, 2.75) is 46.1 Å². The molecule has 2 aromatic rings. The highest BCUT2D eigenvalue weighted by atomic mass is 32.1. The molecule has 2 aromatic heterocycles. The van der Waals surface area contributed by atoms with E-state index in [-0.39, 0.29) is 11.5 Å². The molecule has 0 aromatic carbocycles. The third kappa shape index (κ3) is 3.19. The van der Waals surface area contributed by atoms with Crippen LogP contribution in [0.2, 0.25) is 0 Å². The zero-order valence-electron chi connectivity index (χ0n) is 15.8. The van der Waals surface area contributed by atoms with Crippen molar-refractivity contribution in [1.29, 1.82) is 0 Å². The van der Waals surface area contributed by atoms with Crippen LogP contribution in [-0.2, 0) is 7.05 Å². The van der Waals surface area contributed by atoms with Gasteiger partial charge in [0.1, 0.15) is 9.88 Å². The van der Waals surface area contributed by atoms with Crippen LogP contribution in [0.5, 0.6) is 0 Å². The summed E-state index contributed by atoms with van der Waals surface area (Å²) >= 11 is 1.24. The summed E-state index contributed by atoms with van der Waals surface area (Å²) in [6.45, 7) is 7.89. The highest BCUT2D eigenvalue weighted by Crippen LogP contribution is 2.39. The zero-order chi connectivity index (χ0) is 19.2. The Hall–Kier alpha value is -2.06. The van der Waals surface area contributed by atoms with Crippen LogP contribution in [0, 0.1) is 26.7 Å². The van der Waals surface area contributed by atoms with Gasteiger partial charge in [0.2, 0.25) is 0 Å². The molecule has 0 radical (unpaired) electrons. The first kappa shape index (κ1) is 18.7. The second-order valence-electron chi connectivity index (χ2n) is 7.30. The highest BCUT2D eigenvalue weighted by molar-refractivity contribution is 7.17. The fourth-order valence-corrected chi connectivity index (χ4v) is 4.23. The molecule has 7 nitrogen and oxygen atoms in total. The molecule has 0 saturated heterocycles. The molecule has 3 rings (SSSR count). The van der Waals surface area contributed by atoms with Crippen molar-refractivity contribution >= 4 is 17.2 Å². The molecular formula is C18H25N5O2S. The van der Waals surface area contributed by atoms with Gasteiger partial charge in [-0.2, -0.15) is 5.10 Å². The quantitative estimate of drug-likeness (QED) is 0.828. The van der Waals surface area contributed by atoms with E-state index in [9.17, 15) is 9.59 Å². The lowest BCUT2D eigenvalue weighted by molar-refractivity contribution is 0.0901. The number of amides is 1. The van der Waals surface area contributed by atoms with E-state index in [0.717, 1.165) is 24.1 Å². The van der Waals surface area contributed by atoms with Crippen molar-refractivity contribution in [3.8, 4) is 10.6 Å². The SMILES string of the molecule is Cc1nc(-c2c(C)c(C)nn(C)c2=O)sc1C(=O)NC(C)(CN)C1CC1. The van der Waals surface area contributed by atoms with Gasteiger partial charge in [0.05, 0.1) is 22.5 Å². The minimum Gasteiger partial charge on any atom is -0.345 e. The van der Waals surface area contributed by atoms with Gasteiger partial charge in [-0.25, -0.2) is 9.67 Å². The summed E-state index contributed by atoms with van der Waals surface area (Å²) in [6, 6.07) is 0. The number of thiazole rings is 1. The van der Waals surface area contributed by atoms with Gasteiger partial charge in [0, 0.05) is 13.6 Å². The molecule has 1 aliphatic rings. The summed E-state index contributed by atoms with van der Waals surface area (Å²) in [5.74, 6) is 0.257. The summed E-state index contributed by atoms with van der Waals surface area (Å²) in [6.07, 6.45) is 2.18. The second kappa shape index (κ2) is 6.59. The van der Waals surface area contributed by atoms with Crippen LogP contribution < -0.4 is 16.6 Å². The largest absolute Gasteiger partial charge is 0.345 e. The smallest absolute Gasteiger partial charge is 0.277 e. The van der Waals surface area contributed by atoms with Crippen LogP contribution in [0.25, 0.3) is 10.6 Å². The van der Waals surface area contributed by atoms with E-state index in [0.29, 0.717) is 33.6 Å². The van der Waals surface area contributed by atoms with Crippen molar-refractivity contribution in [1.82, 2.24) is 20.1 Å². The van der Waals surface area contributed by atoms with Gasteiger partial charge in [-0.15, -0.1) is 11.3 Å². The first-order valence-corrected chi connectivity index (χ1v) is 9.54. The molecule has 140 valence electrons. The fourth-order valence-electron chi connectivity index (χ4n) is 3.17. The van der Waals surface area contributed by atoms with E-state index in [1.54, 1.807) is 14.0 Å². The third-order valence-electron chi connectivity index (χ3n) is 5.24. The minimum absolute atomic E-state index is 0.175. The van der Waals surface area contributed by atoms with Crippen LogP contribution in [0.3, 0.4) is 0 Å². The Balaban J connectivity index is 1.98. The first-order chi connectivity index (χ1) is 12.2. The Morgan fingerprint density at radius 1 is 1.35 bits per heavy atom. The molecule has 0 bridgehead atoms. The molecule has 0 spiro atoms. The van der Waals surface area contributed by atoms with E-state index in [1.807, 2.05) is 20.8 Å². The van der Waals surface area contributed by atoms with Crippen molar-refractivity contribution in [3.05, 3.63) is 32.2 Å². The average molecular weight is 375 g/mol. The molecule has 8 heteroatoms. The number of nitrogens with zero attached hydrogens (tertiary/aromatic N) is 3. The average Bonchev–Trinajstić information content (AvgIpc) is 3.37. The number of hydrogen-bond acceptors (Lipinski definition) is 6. The van der Waals surface area contributed by atoms with E-state index in [2.05, 4.69) is 15.4 Å². The number of aromatic nitrogens is 3. The number of rotatable bonds is 5. The molecule has 1 aliphatic carbocycles. The molecule has 3 N–H and O–H groups in total. The normalized spacial score (nSPS) is 16.4. The second-order valence-corrected chi connectivity index (χ2v) is 8.30. The summed E-state index contributed by atoms with van der Waals surface area (Å²) in [7, 11) is 1.62. The third-order valence-corrected chi connectivity index (χ3v) is 6.42. The van der Waals surface area contributed by atoms with Gasteiger partial charge in [-0.05, 0) is 52.0 Å². The van der Waals surface area contributed by atoms with Gasteiger partial charge in [0.15, 0.2) is 0 Å². The molecule has 0 aliphatic heterocycles. The monoisotopic (exact) mass is 375 g/mol. The molecule has 1 amide bonds. The predicted octanol–water partition coefficient (Wildman–Crippen LogP) is 1.69. The topological polar surface area (TPSA) is 103 Å². The molecular weight excluding hydrogens is 350 g/mol. The number of nitrogens with two attached hydrogens (primary N) is 1. The molecule has 1 saturated carbocycles. The van der Waals surface area contributed by atoms with Crippen LogP contribution in [0.4, 0.5) is 0 Å². The highest BCUT2D eigenvalue weighted by Gasteiger charge is 2.42. The van der Waals surface area contributed by atoms with Crippen LogP contribution >= 0.6 is 11.3 Å². The van der Waals surface area contributed by atoms with Gasteiger partial charge < -0.3 is 11.1 Å². The van der Waals surface area contributed by atoms with E-state index < -0.39 is 5.54 Å². The summed E-state index contributed by atoms with van der Waals surface area (Å²) < 4.78 is 1.31. The standard InChI is InChI=1S/C18H25N5O2S/c1-9-10(2)22-23(5)17(25)13(9)16-20-11(3)14(26-16)15(24)21-18(4,8-19)12-6-7-12/h12H,6-8,19H2,1-5H3,(H,21,24). The van der Waals surface area contributed by atoms with E-state index in [4.69, 9.17) is 5.73 Å². The van der Waals surface area contributed by atoms with Crippen LogP contribution in [0.15, 0.2) is 4.79 Å². The molecule has 26 heavy (non-hydrogen) atoms. The summed E-state index contributed by atoms with van der Waals surface area (Å²) in [5.41, 5.74) is 7.99. The Bertz CT molecular complexity index is 928. The maximum atomic E-state index is 12.8. The number of nitrogens with one attached hydrogen (secondary N) is 1. The Morgan fingerprint density at radius 3 is 2.58 bits per heavy atom. The van der Waals surface area contributed by atoms with Crippen molar-refractivity contribution in [2.75, 3.05) is 6.54 Å². The van der Waals surface area contributed by atoms with Crippen molar-refractivity contribution < 1.29 is 4.79 Å². The number of aryl methyl sites for hydroxylation is 3. The Morgan fingerprint density at radius 2 is 2.00 bits per heavy atom. The number of hydrogen-bond donors (Lipinski definition) is 2. The number of carbonyl (C=O) groups is 1. The van der Waals surface area contributed by atoms with Crippen molar-refractivity contribution in [3.63, 3.8) is 0 Å². The van der Waals surface area contributed by atoms with Gasteiger partial charge in [-0.1, -0.05) is 0 Å². The minimum atomic E-state index is -0.396. The first-order valence-electron chi connectivity index (χ1n) is 8.73. The van der Waals surface area contributed by atoms with Gasteiger partial charge in [-0.3, -0.25) is 9.59 Å². The summed E-state index contributed by atoms with van der Waals surface area (Å²) in [4.78, 5) is 30.4. The van der Waals surface area contributed by atoms with E-state index in [1.165, 1.54) is 16.0 Å². The summed E-state index contributed by atoms with van der Waals surface area (Å²) in [5, 5.41) is 7.84. The molecule has 1 atom stereocenters. The van der Waals surface area contributed by atoms with Crippen molar-refractivity contribution in [2.24, 2.45) is 18.7 Å². The van der Waals surface area contributed by atoms with Gasteiger partial charge in [0.25, 0.3) is 11.5 Å². The van der Waals surface area contributed by atoms with E-state index >= 15 is 0 Å². The number of carbonyl (C=O) groups excluding carboxylic acids is 1. The lowest BCUT2D eigenvalue weighted by Crippen LogP contribution is -2.53. The predicted molar refractivity (Wildman–Crippen MR) is 102 cm³/mol. The van der Waals surface area contributed by atoms with Crippen LogP contribution in [-0.4, -0.2) is 32.8 Å². The molecule has 2 heterocycles. The Labute approximate surface area is 156 Å². The zero-order valence-corrected chi connectivity index (χ0v) is 16.7. The maximum Gasteiger partial charge on any atom is 0.277 e. The van der Waals surface area contributed by atoms with Crippen LogP contribution in [0.1, 0.15) is 46.4 Å². The maximum absolute atomic E-state index is 12.8. The van der Waals surface area contributed by atoms with Gasteiger partial charge >= 0.3 is 0 Å². The molecule has 1 fully saturated rings. The lowest BCUT2D eigenvalue weighted by atomic mass is 9.96.